The topological polar surface area (TPSA) is 237 Å². The summed E-state index contributed by atoms with van der Waals surface area (Å²) in [5.74, 6) is 1.04. The molecule has 104 heavy (non-hydrogen) atoms. The molecule has 0 amide bonds. The van der Waals surface area contributed by atoms with E-state index in [-0.39, 0.29) is 25.7 Å². The van der Waals surface area contributed by atoms with Crippen LogP contribution in [0.15, 0.2) is 0 Å². The molecule has 0 rings (SSSR count). The molecule has 0 bridgehead atoms. The number of rotatable bonds is 82. The van der Waals surface area contributed by atoms with E-state index in [2.05, 4.69) is 55.4 Å². The molecule has 0 fully saturated rings. The van der Waals surface area contributed by atoms with Crippen molar-refractivity contribution in [2.45, 2.75) is 459 Å². The van der Waals surface area contributed by atoms with Gasteiger partial charge in [0, 0.05) is 25.7 Å². The van der Waals surface area contributed by atoms with Gasteiger partial charge in [-0.05, 0) is 49.4 Å². The lowest BCUT2D eigenvalue weighted by Gasteiger charge is -2.21. The largest absolute Gasteiger partial charge is 0.472 e. The molecule has 0 spiro atoms. The SMILES string of the molecule is CCC(C)CCCCCCCCCCCCCCCCC(=O)O[C@H](COC(=O)CCCCCCCCCCCCCCC(C)C)COP(=O)(O)OCC(O)COP(=O)(O)OC[C@@H](COC(=O)CCCCCCCCCC(C)C)OC(=O)CCCCCCCCCCCCCCCCCCCCC(C)C. The summed E-state index contributed by atoms with van der Waals surface area (Å²) >= 11 is 0. The van der Waals surface area contributed by atoms with Gasteiger partial charge in [-0.25, -0.2) is 9.13 Å². The molecule has 19 heteroatoms. The average molecular weight is 1520 g/mol. The molecule has 0 heterocycles. The standard InChI is InChI=1S/C85H166O17P2/c1-9-78(8)64-56-48-40-32-26-19-16-17-21-29-35-43-52-60-68-84(89)101-80(71-95-82(87)65-57-49-41-33-27-23-22-25-31-38-46-54-62-76(4)5)73-99-103(91,92)97-69-79(86)70-98-104(93,94)100-74-81(72-96-83(88)66-58-50-44-36-39-47-55-63-77(6)7)102-85(90)67-59-51-42-34-28-20-15-13-11-10-12-14-18-24-30-37-45-53-61-75(2)3/h75-81,86H,9-74H2,1-8H3,(H,91,92)(H,93,94)/t78?,79?,80-,81-/m1/s1. The molecular formula is C85H166O17P2. The van der Waals surface area contributed by atoms with Gasteiger partial charge in [0.2, 0.25) is 0 Å². The van der Waals surface area contributed by atoms with Gasteiger partial charge in [-0.1, -0.05) is 389 Å². The Hall–Kier alpha value is -1.94. The molecule has 0 radical (unpaired) electrons. The van der Waals surface area contributed by atoms with Crippen LogP contribution in [0.3, 0.4) is 0 Å². The second kappa shape index (κ2) is 73.8. The molecule has 0 saturated carbocycles. The van der Waals surface area contributed by atoms with Crippen LogP contribution in [0.2, 0.25) is 0 Å². The van der Waals surface area contributed by atoms with E-state index in [0.717, 1.165) is 114 Å². The van der Waals surface area contributed by atoms with Gasteiger partial charge >= 0.3 is 39.5 Å². The summed E-state index contributed by atoms with van der Waals surface area (Å²) in [6.45, 7) is 14.3. The van der Waals surface area contributed by atoms with Crippen molar-refractivity contribution in [3.8, 4) is 0 Å². The van der Waals surface area contributed by atoms with Gasteiger partial charge in [0.1, 0.15) is 19.3 Å². The van der Waals surface area contributed by atoms with E-state index in [1.807, 2.05) is 0 Å². The number of hydrogen-bond donors (Lipinski definition) is 3. The summed E-state index contributed by atoms with van der Waals surface area (Å²) in [7, 11) is -9.93. The minimum absolute atomic E-state index is 0.107. The molecule has 6 atom stereocenters. The molecule has 4 unspecified atom stereocenters. The summed E-state index contributed by atoms with van der Waals surface area (Å²) in [6.07, 6.45) is 62.5. The Morgan fingerprint density at radius 3 is 0.683 bits per heavy atom. The van der Waals surface area contributed by atoms with Crippen molar-refractivity contribution in [2.75, 3.05) is 39.6 Å². The molecule has 0 aliphatic carbocycles. The Balaban J connectivity index is 5.22. The Kier molecular flexibility index (Phi) is 72.5. The Bertz CT molecular complexity index is 2030. The predicted octanol–water partition coefficient (Wildman–Crippen LogP) is 25.6. The number of phosphoric ester groups is 2. The molecule has 618 valence electrons. The zero-order valence-corrected chi connectivity index (χ0v) is 70.5. The second-order valence-corrected chi connectivity index (χ2v) is 35.2. The van der Waals surface area contributed by atoms with Crippen molar-refractivity contribution in [3.05, 3.63) is 0 Å². The third-order valence-electron chi connectivity index (χ3n) is 20.2. The highest BCUT2D eigenvalue weighted by molar-refractivity contribution is 7.47. The number of carbonyl (C=O) groups is 4. The number of carbonyl (C=O) groups excluding carboxylic acids is 4. The van der Waals surface area contributed by atoms with Crippen molar-refractivity contribution < 1.29 is 80.2 Å². The van der Waals surface area contributed by atoms with Crippen LogP contribution in [0.4, 0.5) is 0 Å². The van der Waals surface area contributed by atoms with Crippen LogP contribution in [0.25, 0.3) is 0 Å². The van der Waals surface area contributed by atoms with Gasteiger partial charge in [0.25, 0.3) is 0 Å². The smallest absolute Gasteiger partial charge is 0.462 e. The highest BCUT2D eigenvalue weighted by Crippen LogP contribution is 2.45. The second-order valence-electron chi connectivity index (χ2n) is 32.2. The van der Waals surface area contributed by atoms with E-state index in [0.29, 0.717) is 31.6 Å². The van der Waals surface area contributed by atoms with Gasteiger partial charge in [-0.2, -0.15) is 0 Å². The maximum atomic E-state index is 13.1. The van der Waals surface area contributed by atoms with Crippen LogP contribution >= 0.6 is 15.6 Å². The number of unbranched alkanes of at least 4 members (excludes halogenated alkanes) is 47. The van der Waals surface area contributed by atoms with Crippen molar-refractivity contribution in [1.29, 1.82) is 0 Å². The number of hydrogen-bond acceptors (Lipinski definition) is 15. The van der Waals surface area contributed by atoms with Crippen molar-refractivity contribution in [1.82, 2.24) is 0 Å². The minimum atomic E-state index is -4.96. The maximum Gasteiger partial charge on any atom is 0.472 e. The van der Waals surface area contributed by atoms with E-state index in [4.69, 9.17) is 37.0 Å². The predicted molar refractivity (Wildman–Crippen MR) is 428 cm³/mol. The highest BCUT2D eigenvalue weighted by Gasteiger charge is 2.30. The third-order valence-corrected chi connectivity index (χ3v) is 22.1. The average Bonchev–Trinajstić information content (AvgIpc) is 0.904. The first kappa shape index (κ1) is 102. The fraction of sp³-hybridized carbons (Fsp3) is 0.953. The number of ether oxygens (including phenoxy) is 4. The molecular weight excluding hydrogens is 1350 g/mol. The molecule has 3 N–H and O–H groups in total. The number of phosphoric acid groups is 2. The van der Waals surface area contributed by atoms with E-state index >= 15 is 0 Å². The fourth-order valence-electron chi connectivity index (χ4n) is 13.1. The lowest BCUT2D eigenvalue weighted by molar-refractivity contribution is -0.161. The number of aliphatic hydroxyl groups is 1. The van der Waals surface area contributed by atoms with Crippen molar-refractivity contribution in [2.24, 2.45) is 23.7 Å². The lowest BCUT2D eigenvalue weighted by atomic mass is 9.99. The van der Waals surface area contributed by atoms with Crippen molar-refractivity contribution in [3.63, 3.8) is 0 Å². The Labute approximate surface area is 638 Å². The van der Waals surface area contributed by atoms with Crippen LogP contribution in [0.5, 0.6) is 0 Å². The highest BCUT2D eigenvalue weighted by atomic mass is 31.2. The van der Waals surface area contributed by atoms with Crippen LogP contribution in [-0.2, 0) is 65.4 Å². The van der Waals surface area contributed by atoms with Crippen LogP contribution in [0, 0.1) is 23.7 Å². The maximum absolute atomic E-state index is 13.1. The van der Waals surface area contributed by atoms with Gasteiger partial charge in [0.15, 0.2) is 12.2 Å². The van der Waals surface area contributed by atoms with E-state index in [9.17, 15) is 43.2 Å². The molecule has 17 nitrogen and oxygen atoms in total. The Morgan fingerprint density at radius 1 is 0.269 bits per heavy atom. The van der Waals surface area contributed by atoms with Crippen LogP contribution in [-0.4, -0.2) is 96.7 Å². The minimum Gasteiger partial charge on any atom is -0.462 e. The first-order chi connectivity index (χ1) is 50.1. The van der Waals surface area contributed by atoms with E-state index in [1.165, 1.54) is 238 Å². The van der Waals surface area contributed by atoms with Gasteiger partial charge in [-0.15, -0.1) is 0 Å². The van der Waals surface area contributed by atoms with Crippen molar-refractivity contribution >= 4 is 39.5 Å². The molecule has 0 aromatic rings. The fourth-order valence-corrected chi connectivity index (χ4v) is 14.7. The van der Waals surface area contributed by atoms with Gasteiger partial charge in [-0.3, -0.25) is 37.3 Å². The molecule has 0 saturated heterocycles. The van der Waals surface area contributed by atoms with Gasteiger partial charge < -0.3 is 33.8 Å². The van der Waals surface area contributed by atoms with E-state index in [1.54, 1.807) is 0 Å². The number of aliphatic hydroxyl groups excluding tert-OH is 1. The van der Waals surface area contributed by atoms with Gasteiger partial charge in [0.05, 0.1) is 26.4 Å². The monoisotopic (exact) mass is 1520 g/mol. The zero-order chi connectivity index (χ0) is 76.7. The molecule has 0 aromatic carbocycles. The Morgan fingerprint density at radius 2 is 0.462 bits per heavy atom. The summed E-state index contributed by atoms with van der Waals surface area (Å²) in [6, 6.07) is 0. The molecule has 0 aliphatic rings. The normalized spacial score (nSPS) is 14.2. The summed E-state index contributed by atoms with van der Waals surface area (Å²) in [5.41, 5.74) is 0. The quantitative estimate of drug-likeness (QED) is 0.0222. The summed E-state index contributed by atoms with van der Waals surface area (Å²) in [5, 5.41) is 10.7. The van der Waals surface area contributed by atoms with Crippen LogP contribution in [0.1, 0.15) is 441 Å². The van der Waals surface area contributed by atoms with Crippen LogP contribution < -0.4 is 0 Å². The number of esters is 4. The first-order valence-electron chi connectivity index (χ1n) is 43.7. The summed E-state index contributed by atoms with van der Waals surface area (Å²) in [4.78, 5) is 73.2. The summed E-state index contributed by atoms with van der Waals surface area (Å²) < 4.78 is 68.8. The zero-order valence-electron chi connectivity index (χ0n) is 68.7. The van der Waals surface area contributed by atoms with E-state index < -0.39 is 97.5 Å². The molecule has 0 aromatic heterocycles. The third kappa shape index (κ3) is 76.8. The molecule has 0 aliphatic heterocycles. The first-order valence-corrected chi connectivity index (χ1v) is 46.7. The lowest BCUT2D eigenvalue weighted by Crippen LogP contribution is -2.30.